The first-order chi connectivity index (χ1) is 9.69. The van der Waals surface area contributed by atoms with Gasteiger partial charge in [-0.2, -0.15) is 0 Å². The molecule has 0 amide bonds. The Morgan fingerprint density at radius 1 is 1.15 bits per heavy atom. The molecule has 4 heteroatoms. The van der Waals surface area contributed by atoms with Gasteiger partial charge in [-0.05, 0) is 35.4 Å². The first-order valence-electron chi connectivity index (χ1n) is 6.09. The molecule has 0 atom stereocenters. The maximum absolute atomic E-state index is 11.1. The van der Waals surface area contributed by atoms with Crippen LogP contribution in [0.15, 0.2) is 48.5 Å². The Hall–Kier alpha value is -2.33. The van der Waals surface area contributed by atoms with E-state index in [9.17, 15) is 4.79 Å². The Morgan fingerprint density at radius 3 is 2.55 bits per heavy atom. The molecule has 2 aromatic carbocycles. The number of carboxylic acids is 1. The number of hydrogen-bond donors (Lipinski definition) is 1. The highest BCUT2D eigenvalue weighted by atomic mass is 32.1. The van der Waals surface area contributed by atoms with Gasteiger partial charge >= 0.3 is 5.97 Å². The molecule has 0 radical (unpaired) electrons. The Morgan fingerprint density at radius 2 is 1.90 bits per heavy atom. The van der Waals surface area contributed by atoms with Gasteiger partial charge in [-0.25, -0.2) is 4.79 Å². The SMILES string of the molecule is COc1ccc(-c2cccc3sc(C(=O)O)cc23)cc1. The minimum Gasteiger partial charge on any atom is -0.497 e. The number of aromatic carboxylic acids is 1. The van der Waals surface area contributed by atoms with Gasteiger partial charge in [0, 0.05) is 10.1 Å². The molecule has 3 aromatic rings. The Kier molecular flexibility index (Phi) is 3.16. The van der Waals surface area contributed by atoms with Crippen molar-refractivity contribution in [1.82, 2.24) is 0 Å². The van der Waals surface area contributed by atoms with Crippen LogP contribution in [0.3, 0.4) is 0 Å². The van der Waals surface area contributed by atoms with Crippen LogP contribution in [0.4, 0.5) is 0 Å². The van der Waals surface area contributed by atoms with Gasteiger partial charge in [0.1, 0.15) is 10.6 Å². The molecule has 100 valence electrons. The van der Waals surface area contributed by atoms with E-state index in [4.69, 9.17) is 9.84 Å². The number of fused-ring (bicyclic) bond motifs is 1. The van der Waals surface area contributed by atoms with Crippen molar-refractivity contribution in [2.24, 2.45) is 0 Å². The van der Waals surface area contributed by atoms with Crippen LogP contribution in [0.1, 0.15) is 9.67 Å². The molecule has 1 N–H and O–H groups in total. The summed E-state index contributed by atoms with van der Waals surface area (Å²) in [5.74, 6) is -0.0793. The van der Waals surface area contributed by atoms with Crippen LogP contribution in [0, 0.1) is 0 Å². The first kappa shape index (κ1) is 12.7. The van der Waals surface area contributed by atoms with Crippen LogP contribution in [0.5, 0.6) is 5.75 Å². The summed E-state index contributed by atoms with van der Waals surface area (Å²) in [5.41, 5.74) is 2.08. The molecule has 3 nitrogen and oxygen atoms in total. The van der Waals surface area contributed by atoms with Gasteiger partial charge in [0.25, 0.3) is 0 Å². The van der Waals surface area contributed by atoms with Gasteiger partial charge in [0.05, 0.1) is 7.11 Å². The first-order valence-corrected chi connectivity index (χ1v) is 6.91. The molecule has 0 unspecified atom stereocenters. The van der Waals surface area contributed by atoms with Gasteiger partial charge in [-0.15, -0.1) is 11.3 Å². The lowest BCUT2D eigenvalue weighted by atomic mass is 10.0. The van der Waals surface area contributed by atoms with Crippen LogP contribution in [-0.4, -0.2) is 18.2 Å². The number of benzene rings is 2. The predicted octanol–water partition coefficient (Wildman–Crippen LogP) is 4.28. The van der Waals surface area contributed by atoms with Crippen LogP contribution in [0.25, 0.3) is 21.2 Å². The number of methoxy groups -OCH3 is 1. The maximum Gasteiger partial charge on any atom is 0.345 e. The van der Waals surface area contributed by atoms with Crippen molar-refractivity contribution < 1.29 is 14.6 Å². The maximum atomic E-state index is 11.1. The summed E-state index contributed by atoms with van der Waals surface area (Å²) in [4.78, 5) is 11.5. The molecule has 1 aromatic heterocycles. The fourth-order valence-corrected chi connectivity index (χ4v) is 3.12. The summed E-state index contributed by atoms with van der Waals surface area (Å²) >= 11 is 1.30. The van der Waals surface area contributed by atoms with Crippen LogP contribution in [0.2, 0.25) is 0 Å². The van der Waals surface area contributed by atoms with E-state index in [0.29, 0.717) is 4.88 Å². The molecule has 0 saturated heterocycles. The van der Waals surface area contributed by atoms with Crippen LogP contribution < -0.4 is 4.74 Å². The number of rotatable bonds is 3. The van der Waals surface area contributed by atoms with Gasteiger partial charge in [-0.3, -0.25) is 0 Å². The van der Waals surface area contributed by atoms with Crippen LogP contribution in [-0.2, 0) is 0 Å². The molecule has 0 aliphatic heterocycles. The highest BCUT2D eigenvalue weighted by Crippen LogP contribution is 2.34. The second kappa shape index (κ2) is 4.98. The topological polar surface area (TPSA) is 46.5 Å². The van der Waals surface area contributed by atoms with Gasteiger partial charge < -0.3 is 9.84 Å². The zero-order chi connectivity index (χ0) is 14.1. The second-order valence-corrected chi connectivity index (χ2v) is 5.45. The van der Waals surface area contributed by atoms with Gasteiger partial charge in [-0.1, -0.05) is 24.3 Å². The highest BCUT2D eigenvalue weighted by Gasteiger charge is 2.11. The lowest BCUT2D eigenvalue weighted by Gasteiger charge is -2.05. The van der Waals surface area contributed by atoms with Crippen molar-refractivity contribution in [2.75, 3.05) is 7.11 Å². The summed E-state index contributed by atoms with van der Waals surface area (Å²) in [6.07, 6.45) is 0. The Labute approximate surface area is 120 Å². The van der Waals surface area contributed by atoms with E-state index in [1.165, 1.54) is 11.3 Å². The summed E-state index contributed by atoms with van der Waals surface area (Å²) < 4.78 is 6.13. The smallest absolute Gasteiger partial charge is 0.345 e. The van der Waals surface area contributed by atoms with E-state index in [0.717, 1.165) is 27.0 Å². The summed E-state index contributed by atoms with van der Waals surface area (Å²) in [7, 11) is 1.63. The molecule has 0 aliphatic carbocycles. The highest BCUT2D eigenvalue weighted by molar-refractivity contribution is 7.20. The van der Waals surface area contributed by atoms with Crippen molar-refractivity contribution in [3.63, 3.8) is 0 Å². The molecule has 0 fully saturated rings. The molecule has 0 aliphatic rings. The third-order valence-electron chi connectivity index (χ3n) is 3.17. The number of carbonyl (C=O) groups is 1. The summed E-state index contributed by atoms with van der Waals surface area (Å²) in [6, 6.07) is 15.4. The molecular weight excluding hydrogens is 272 g/mol. The molecule has 3 rings (SSSR count). The van der Waals surface area contributed by atoms with E-state index < -0.39 is 5.97 Å². The van der Waals surface area contributed by atoms with Crippen molar-refractivity contribution in [2.45, 2.75) is 0 Å². The third kappa shape index (κ3) is 2.14. The van der Waals surface area contributed by atoms with Crippen molar-refractivity contribution in [3.8, 4) is 16.9 Å². The van der Waals surface area contributed by atoms with E-state index in [1.54, 1.807) is 13.2 Å². The fraction of sp³-hybridized carbons (Fsp3) is 0.0625. The van der Waals surface area contributed by atoms with Gasteiger partial charge in [0.15, 0.2) is 0 Å². The quantitative estimate of drug-likeness (QED) is 0.781. The largest absolute Gasteiger partial charge is 0.497 e. The van der Waals surface area contributed by atoms with Crippen LogP contribution >= 0.6 is 11.3 Å². The third-order valence-corrected chi connectivity index (χ3v) is 4.26. The Balaban J connectivity index is 2.16. The summed E-state index contributed by atoms with van der Waals surface area (Å²) in [6.45, 7) is 0. The molecule has 1 heterocycles. The predicted molar refractivity (Wildman–Crippen MR) is 80.8 cm³/mol. The standard InChI is InChI=1S/C16H12O3S/c1-19-11-7-5-10(6-8-11)12-3-2-4-14-13(12)9-15(20-14)16(17)18/h2-9H,1H3,(H,17,18). The normalized spacial score (nSPS) is 10.7. The molecule has 0 bridgehead atoms. The number of thiophene rings is 1. The zero-order valence-electron chi connectivity index (χ0n) is 10.8. The van der Waals surface area contributed by atoms with E-state index in [1.807, 2.05) is 42.5 Å². The molecule has 0 saturated carbocycles. The number of ether oxygens (including phenoxy) is 1. The van der Waals surface area contributed by atoms with Crippen molar-refractivity contribution in [1.29, 1.82) is 0 Å². The van der Waals surface area contributed by atoms with E-state index >= 15 is 0 Å². The minimum absolute atomic E-state index is 0.362. The lowest BCUT2D eigenvalue weighted by molar-refractivity contribution is 0.0702. The van der Waals surface area contributed by atoms with Gasteiger partial charge in [0.2, 0.25) is 0 Å². The minimum atomic E-state index is -0.883. The van der Waals surface area contributed by atoms with Crippen molar-refractivity contribution >= 4 is 27.4 Å². The van der Waals surface area contributed by atoms with E-state index in [2.05, 4.69) is 0 Å². The fourth-order valence-electron chi connectivity index (χ4n) is 2.19. The zero-order valence-corrected chi connectivity index (χ0v) is 11.6. The second-order valence-electron chi connectivity index (χ2n) is 4.36. The van der Waals surface area contributed by atoms with E-state index in [-0.39, 0.29) is 0 Å². The number of carboxylic acid groups (broad SMARTS) is 1. The number of hydrogen-bond acceptors (Lipinski definition) is 3. The summed E-state index contributed by atoms with van der Waals surface area (Å²) in [5, 5.41) is 10.1. The average Bonchev–Trinajstić information content (AvgIpc) is 2.91. The lowest BCUT2D eigenvalue weighted by Crippen LogP contribution is -1.89. The molecule has 20 heavy (non-hydrogen) atoms. The average molecular weight is 284 g/mol. The molecular formula is C16H12O3S. The van der Waals surface area contributed by atoms with Crippen molar-refractivity contribution in [3.05, 3.63) is 53.4 Å². The Bertz CT molecular complexity index is 772. The monoisotopic (exact) mass is 284 g/mol. The molecule has 0 spiro atoms.